The van der Waals surface area contributed by atoms with E-state index < -0.39 is 33.8 Å². The lowest BCUT2D eigenvalue weighted by Crippen LogP contribution is -2.28. The van der Waals surface area contributed by atoms with Crippen molar-refractivity contribution >= 4 is 21.7 Å². The topological polar surface area (TPSA) is 91.6 Å². The third kappa shape index (κ3) is 3.95. The van der Waals surface area contributed by atoms with Crippen molar-refractivity contribution in [3.05, 3.63) is 66.0 Å². The number of aliphatic hydroxyl groups excluding tert-OH is 1. The molecule has 1 N–H and O–H groups in total. The average molecular weight is 476 g/mol. The number of hydrogen-bond acceptors (Lipinski definition) is 7. The van der Waals surface area contributed by atoms with Crippen molar-refractivity contribution in [1.82, 2.24) is 14.2 Å². The Kier molecular flexibility index (Phi) is 5.53. The van der Waals surface area contributed by atoms with Gasteiger partial charge in [-0.1, -0.05) is 0 Å². The fraction of sp³-hybridized carbons (Fsp3) is 0.364. The van der Waals surface area contributed by atoms with E-state index in [9.17, 15) is 22.3 Å². The predicted molar refractivity (Wildman–Crippen MR) is 118 cm³/mol. The molecule has 11 heteroatoms. The third-order valence-electron chi connectivity index (χ3n) is 6.19. The molecule has 2 unspecified atom stereocenters. The molecule has 33 heavy (non-hydrogen) atoms. The minimum atomic E-state index is -4.07. The van der Waals surface area contributed by atoms with E-state index in [0.717, 1.165) is 22.3 Å². The number of pyridine rings is 1. The first-order valence-electron chi connectivity index (χ1n) is 10.7. The zero-order valence-electron chi connectivity index (χ0n) is 17.7. The summed E-state index contributed by atoms with van der Waals surface area (Å²) in [6.45, 7) is 1.59. The Morgan fingerprint density at radius 1 is 1.06 bits per heavy atom. The molecule has 174 valence electrons. The highest BCUT2D eigenvalue weighted by molar-refractivity contribution is 7.90. The van der Waals surface area contributed by atoms with Gasteiger partial charge in [-0.25, -0.2) is 13.8 Å². The van der Waals surface area contributed by atoms with Crippen molar-refractivity contribution in [1.29, 1.82) is 0 Å². The summed E-state index contributed by atoms with van der Waals surface area (Å²) in [5, 5.41) is 13.7. The number of hydrogen-bond donors (Lipinski definition) is 1. The molecule has 4 heterocycles. The van der Waals surface area contributed by atoms with Gasteiger partial charge in [-0.2, -0.15) is 13.5 Å². The highest BCUT2D eigenvalue weighted by Gasteiger charge is 2.33. The number of aliphatic hydroxyl groups is 1. The van der Waals surface area contributed by atoms with Crippen LogP contribution in [0, 0.1) is 11.6 Å². The molecule has 2 atom stereocenters. The third-order valence-corrected chi connectivity index (χ3v) is 7.76. The number of benzene rings is 1. The van der Waals surface area contributed by atoms with Gasteiger partial charge in [0.1, 0.15) is 28.2 Å². The first-order valence-corrected chi connectivity index (χ1v) is 12.2. The van der Waals surface area contributed by atoms with Crippen molar-refractivity contribution in [2.45, 2.75) is 36.3 Å². The zero-order chi connectivity index (χ0) is 23.2. The number of aromatic nitrogens is 3. The van der Waals surface area contributed by atoms with E-state index in [1.807, 2.05) is 4.90 Å². The van der Waals surface area contributed by atoms with Gasteiger partial charge in [-0.15, -0.1) is 4.09 Å². The van der Waals surface area contributed by atoms with Gasteiger partial charge in [0.15, 0.2) is 0 Å². The summed E-state index contributed by atoms with van der Waals surface area (Å²) in [6, 6.07) is 7.42. The van der Waals surface area contributed by atoms with Crippen LogP contribution in [0.1, 0.15) is 30.9 Å². The van der Waals surface area contributed by atoms with E-state index in [0.29, 0.717) is 44.7 Å². The number of β-amino-alcohol motifs (C(OH)–C–C–N with tert-alkyl or cyclic N) is 1. The van der Waals surface area contributed by atoms with Crippen LogP contribution >= 0.6 is 0 Å². The molecule has 0 bridgehead atoms. The quantitative estimate of drug-likeness (QED) is 0.607. The monoisotopic (exact) mass is 475 g/mol. The maximum atomic E-state index is 14.5. The molecule has 2 aliphatic rings. The molecule has 0 aliphatic carbocycles. The maximum absolute atomic E-state index is 14.5. The normalized spacial score (nSPS) is 21.2. The Morgan fingerprint density at radius 2 is 1.91 bits per heavy atom. The smallest absolute Gasteiger partial charge is 0.286 e. The second-order valence-electron chi connectivity index (χ2n) is 8.30. The van der Waals surface area contributed by atoms with Crippen molar-refractivity contribution in [2.75, 3.05) is 29.4 Å². The van der Waals surface area contributed by atoms with E-state index in [2.05, 4.69) is 10.1 Å². The van der Waals surface area contributed by atoms with Crippen LogP contribution in [0.4, 0.5) is 20.4 Å². The van der Waals surface area contributed by atoms with Crippen LogP contribution in [0.5, 0.6) is 0 Å². The Balaban J connectivity index is 1.46. The Labute approximate surface area is 190 Å². The summed E-state index contributed by atoms with van der Waals surface area (Å²) in [4.78, 5) is 7.87. The molecule has 0 spiro atoms. The van der Waals surface area contributed by atoms with E-state index in [-0.39, 0.29) is 16.3 Å². The fourth-order valence-electron chi connectivity index (χ4n) is 4.57. The van der Waals surface area contributed by atoms with Gasteiger partial charge in [-0.05, 0) is 49.6 Å². The van der Waals surface area contributed by atoms with Crippen molar-refractivity contribution in [3.8, 4) is 0 Å². The van der Waals surface area contributed by atoms with Crippen LogP contribution in [0.2, 0.25) is 0 Å². The van der Waals surface area contributed by atoms with Crippen LogP contribution in [-0.4, -0.2) is 53.4 Å². The molecule has 2 saturated heterocycles. The lowest BCUT2D eigenvalue weighted by atomic mass is 10.0. The molecule has 0 amide bonds. The number of nitrogens with zero attached hydrogens (tertiary/aromatic N) is 5. The number of halogens is 2. The van der Waals surface area contributed by atoms with Gasteiger partial charge in [0.25, 0.3) is 10.0 Å². The lowest BCUT2D eigenvalue weighted by molar-refractivity contribution is 0.198. The van der Waals surface area contributed by atoms with Crippen LogP contribution in [0.25, 0.3) is 0 Å². The van der Waals surface area contributed by atoms with Crippen molar-refractivity contribution in [3.63, 3.8) is 0 Å². The molecule has 1 aromatic carbocycles. The number of rotatable bonds is 5. The molecule has 0 saturated carbocycles. The standard InChI is InChI=1S/C22H23F2N5O3S/c23-15-3-5-19(24)18(12-15)20-2-1-10-28(20)22-7-9-26-29(22)33(31,32)17-4-6-21(25-13-17)27-11-8-16(30)14-27/h3-7,9,12-13,16,20,30H,1-2,8,10-11,14H2. The van der Waals surface area contributed by atoms with Crippen LogP contribution in [-0.2, 0) is 10.0 Å². The zero-order valence-corrected chi connectivity index (χ0v) is 18.5. The molecular formula is C22H23F2N5O3S. The minimum Gasteiger partial charge on any atom is -0.391 e. The highest BCUT2D eigenvalue weighted by Crippen LogP contribution is 2.38. The largest absolute Gasteiger partial charge is 0.391 e. The molecular weight excluding hydrogens is 452 g/mol. The van der Waals surface area contributed by atoms with Crippen LogP contribution in [0.3, 0.4) is 0 Å². The van der Waals surface area contributed by atoms with Crippen LogP contribution < -0.4 is 9.80 Å². The van der Waals surface area contributed by atoms with Crippen molar-refractivity contribution in [2.24, 2.45) is 0 Å². The summed E-state index contributed by atoms with van der Waals surface area (Å²) in [7, 11) is -4.07. The Morgan fingerprint density at radius 3 is 2.64 bits per heavy atom. The van der Waals surface area contributed by atoms with Gasteiger partial charge in [0.2, 0.25) is 0 Å². The van der Waals surface area contributed by atoms with E-state index in [1.165, 1.54) is 18.5 Å². The van der Waals surface area contributed by atoms with Crippen LogP contribution in [0.15, 0.2) is 53.7 Å². The first-order chi connectivity index (χ1) is 15.8. The van der Waals surface area contributed by atoms with E-state index in [4.69, 9.17) is 0 Å². The summed E-state index contributed by atoms with van der Waals surface area (Å²) >= 11 is 0. The van der Waals surface area contributed by atoms with Gasteiger partial charge in [0, 0.05) is 37.5 Å². The van der Waals surface area contributed by atoms with Gasteiger partial charge in [0.05, 0.1) is 18.3 Å². The molecule has 2 aromatic heterocycles. The molecule has 0 radical (unpaired) electrons. The van der Waals surface area contributed by atoms with E-state index >= 15 is 0 Å². The highest BCUT2D eigenvalue weighted by atomic mass is 32.2. The summed E-state index contributed by atoms with van der Waals surface area (Å²) in [6.07, 6.45) is 4.12. The molecule has 3 aromatic rings. The SMILES string of the molecule is O=S(=O)(c1ccc(N2CCC(O)C2)nc1)n1nccc1N1CCCC1c1cc(F)ccc1F. The average Bonchev–Trinajstić information content (AvgIpc) is 3.55. The Bertz CT molecular complexity index is 1270. The second kappa shape index (κ2) is 8.38. The van der Waals surface area contributed by atoms with Gasteiger partial charge < -0.3 is 14.9 Å². The fourth-order valence-corrected chi connectivity index (χ4v) is 5.79. The molecule has 2 fully saturated rings. The van der Waals surface area contributed by atoms with Crippen molar-refractivity contribution < 1.29 is 22.3 Å². The maximum Gasteiger partial charge on any atom is 0.286 e. The summed E-state index contributed by atoms with van der Waals surface area (Å²) < 4.78 is 55.9. The summed E-state index contributed by atoms with van der Waals surface area (Å²) in [5.74, 6) is -0.203. The predicted octanol–water partition coefficient (Wildman–Crippen LogP) is 2.71. The molecule has 5 rings (SSSR count). The Hall–Kier alpha value is -3.05. The first kappa shape index (κ1) is 21.8. The van der Waals surface area contributed by atoms with Gasteiger partial charge >= 0.3 is 0 Å². The van der Waals surface area contributed by atoms with E-state index in [1.54, 1.807) is 17.0 Å². The lowest BCUT2D eigenvalue weighted by Gasteiger charge is -2.27. The summed E-state index contributed by atoms with van der Waals surface area (Å²) in [5.41, 5.74) is 0.191. The minimum absolute atomic E-state index is 0.0383. The van der Waals surface area contributed by atoms with Gasteiger partial charge in [-0.3, -0.25) is 0 Å². The second-order valence-corrected chi connectivity index (χ2v) is 10.1. The molecule has 2 aliphatic heterocycles. The molecule has 8 nitrogen and oxygen atoms in total. The number of anilines is 2.